The molecular formula is C12H19N5O2. The minimum Gasteiger partial charge on any atom is -0.353 e. The molecule has 19 heavy (non-hydrogen) atoms. The molecule has 0 atom stereocenters. The molecule has 1 aliphatic heterocycles. The van der Waals surface area contributed by atoms with Crippen LogP contribution < -0.4 is 10.2 Å². The number of hydrogen-bond acceptors (Lipinski definition) is 6. The van der Waals surface area contributed by atoms with E-state index in [1.807, 2.05) is 11.9 Å². The van der Waals surface area contributed by atoms with Crippen molar-refractivity contribution in [3.05, 3.63) is 28.4 Å². The van der Waals surface area contributed by atoms with E-state index in [4.69, 9.17) is 0 Å². The molecule has 2 rings (SSSR count). The van der Waals surface area contributed by atoms with Crippen molar-refractivity contribution in [2.45, 2.75) is 0 Å². The lowest BCUT2D eigenvalue weighted by molar-refractivity contribution is -0.384. The smallest absolute Gasteiger partial charge is 0.311 e. The standard InChI is InChI=1S/C12H19N5O2/c1-15(9-10-16-7-5-13-6-8-16)12-11(17(18)19)3-2-4-14-12/h2-4,13H,5-10H2,1H3. The van der Waals surface area contributed by atoms with Gasteiger partial charge in [0.2, 0.25) is 5.82 Å². The monoisotopic (exact) mass is 265 g/mol. The molecule has 0 spiro atoms. The van der Waals surface area contributed by atoms with E-state index in [9.17, 15) is 10.1 Å². The van der Waals surface area contributed by atoms with Gasteiger partial charge in [-0.1, -0.05) is 0 Å². The predicted octanol–water partition coefficient (Wildman–Crippen LogP) is 0.331. The quantitative estimate of drug-likeness (QED) is 0.611. The van der Waals surface area contributed by atoms with Crippen LogP contribution in [0.5, 0.6) is 0 Å². The molecule has 1 saturated heterocycles. The molecule has 1 N–H and O–H groups in total. The fraction of sp³-hybridized carbons (Fsp3) is 0.583. The van der Waals surface area contributed by atoms with Crippen molar-refractivity contribution in [3.63, 3.8) is 0 Å². The number of anilines is 1. The van der Waals surface area contributed by atoms with Crippen LogP contribution in [0.25, 0.3) is 0 Å². The lowest BCUT2D eigenvalue weighted by Crippen LogP contribution is -2.46. The molecule has 1 fully saturated rings. The molecule has 0 aliphatic carbocycles. The summed E-state index contributed by atoms with van der Waals surface area (Å²) in [6.45, 7) is 5.70. The Balaban J connectivity index is 1.95. The van der Waals surface area contributed by atoms with Crippen LogP contribution in [0.4, 0.5) is 11.5 Å². The molecule has 1 aromatic heterocycles. The molecule has 1 aromatic rings. The topological polar surface area (TPSA) is 74.5 Å². The molecule has 7 heteroatoms. The highest BCUT2D eigenvalue weighted by atomic mass is 16.6. The number of rotatable bonds is 5. The minimum absolute atomic E-state index is 0.0605. The predicted molar refractivity (Wildman–Crippen MR) is 73.5 cm³/mol. The second-order valence-corrected chi connectivity index (χ2v) is 4.62. The fourth-order valence-electron chi connectivity index (χ4n) is 2.16. The summed E-state index contributed by atoms with van der Waals surface area (Å²) in [6, 6.07) is 3.08. The first kappa shape index (κ1) is 13.7. The van der Waals surface area contributed by atoms with Crippen LogP contribution >= 0.6 is 0 Å². The van der Waals surface area contributed by atoms with E-state index in [1.165, 1.54) is 6.07 Å². The average Bonchev–Trinajstić information content (AvgIpc) is 2.46. The molecule has 0 saturated carbocycles. The highest BCUT2D eigenvalue weighted by molar-refractivity contribution is 5.56. The van der Waals surface area contributed by atoms with Crippen LogP contribution in [0.3, 0.4) is 0 Å². The maximum Gasteiger partial charge on any atom is 0.311 e. The Morgan fingerprint density at radius 3 is 2.95 bits per heavy atom. The summed E-state index contributed by atoms with van der Waals surface area (Å²) in [5.74, 6) is 0.433. The fourth-order valence-corrected chi connectivity index (χ4v) is 2.16. The van der Waals surface area contributed by atoms with Gasteiger partial charge >= 0.3 is 5.69 Å². The highest BCUT2D eigenvalue weighted by Gasteiger charge is 2.18. The van der Waals surface area contributed by atoms with Gasteiger partial charge in [-0.05, 0) is 6.07 Å². The molecule has 0 unspecified atom stereocenters. The van der Waals surface area contributed by atoms with Crippen LogP contribution in [0, 0.1) is 10.1 Å². The summed E-state index contributed by atoms with van der Waals surface area (Å²) in [4.78, 5) is 18.9. The van der Waals surface area contributed by atoms with E-state index in [0.717, 1.165) is 39.3 Å². The number of piperazine rings is 1. The van der Waals surface area contributed by atoms with Gasteiger partial charge in [0.05, 0.1) is 4.92 Å². The van der Waals surface area contributed by atoms with Crippen LogP contribution in [-0.4, -0.2) is 61.1 Å². The molecule has 0 bridgehead atoms. The summed E-state index contributed by atoms with van der Waals surface area (Å²) in [5.41, 5.74) is 0.0605. The Morgan fingerprint density at radius 1 is 1.53 bits per heavy atom. The lowest BCUT2D eigenvalue weighted by Gasteiger charge is -2.29. The Hall–Kier alpha value is -1.73. The molecule has 0 amide bonds. The summed E-state index contributed by atoms with van der Waals surface area (Å²) < 4.78 is 0. The van der Waals surface area contributed by atoms with E-state index in [2.05, 4.69) is 15.2 Å². The zero-order valence-electron chi connectivity index (χ0n) is 11.1. The van der Waals surface area contributed by atoms with E-state index in [0.29, 0.717) is 5.82 Å². The van der Waals surface area contributed by atoms with Crippen LogP contribution in [0.1, 0.15) is 0 Å². The first-order valence-corrected chi connectivity index (χ1v) is 6.42. The van der Waals surface area contributed by atoms with E-state index in [1.54, 1.807) is 12.3 Å². The molecule has 0 aromatic carbocycles. The molecule has 2 heterocycles. The van der Waals surface area contributed by atoms with Gasteiger partial charge in [-0.15, -0.1) is 0 Å². The summed E-state index contributed by atoms with van der Waals surface area (Å²) >= 11 is 0. The first-order valence-electron chi connectivity index (χ1n) is 6.42. The highest BCUT2D eigenvalue weighted by Crippen LogP contribution is 2.23. The summed E-state index contributed by atoms with van der Waals surface area (Å²) in [5, 5.41) is 14.3. The Morgan fingerprint density at radius 2 is 2.26 bits per heavy atom. The minimum atomic E-state index is -0.385. The van der Waals surface area contributed by atoms with Crippen molar-refractivity contribution >= 4 is 11.5 Å². The van der Waals surface area contributed by atoms with Crippen LogP contribution in [0.2, 0.25) is 0 Å². The van der Waals surface area contributed by atoms with Gasteiger partial charge in [0.15, 0.2) is 0 Å². The van der Waals surface area contributed by atoms with Crippen LogP contribution in [0.15, 0.2) is 18.3 Å². The third-order valence-electron chi connectivity index (χ3n) is 3.29. The SMILES string of the molecule is CN(CCN1CCNCC1)c1ncccc1[N+](=O)[O-]. The number of pyridine rings is 1. The molecular weight excluding hydrogens is 246 g/mol. The maximum atomic E-state index is 11.0. The number of likely N-dealkylation sites (N-methyl/N-ethyl adjacent to an activating group) is 1. The van der Waals surface area contributed by atoms with E-state index < -0.39 is 0 Å². The molecule has 1 aliphatic rings. The summed E-state index contributed by atoms with van der Waals surface area (Å²) in [7, 11) is 1.84. The van der Waals surface area contributed by atoms with E-state index >= 15 is 0 Å². The van der Waals surface area contributed by atoms with E-state index in [-0.39, 0.29) is 10.6 Å². The maximum absolute atomic E-state index is 11.0. The van der Waals surface area contributed by atoms with Crippen molar-refractivity contribution in [2.24, 2.45) is 0 Å². The number of nitro groups is 1. The van der Waals surface area contributed by atoms with Crippen molar-refractivity contribution in [3.8, 4) is 0 Å². The van der Waals surface area contributed by atoms with Crippen molar-refractivity contribution in [1.82, 2.24) is 15.2 Å². The van der Waals surface area contributed by atoms with Gasteiger partial charge in [0.1, 0.15) is 0 Å². The second-order valence-electron chi connectivity index (χ2n) is 4.62. The van der Waals surface area contributed by atoms with Gasteiger partial charge < -0.3 is 10.2 Å². The normalized spacial score (nSPS) is 16.3. The molecule has 7 nitrogen and oxygen atoms in total. The largest absolute Gasteiger partial charge is 0.353 e. The molecule has 0 radical (unpaired) electrons. The number of hydrogen-bond donors (Lipinski definition) is 1. The van der Waals surface area contributed by atoms with Crippen molar-refractivity contribution < 1.29 is 4.92 Å². The Labute approximate surface area is 112 Å². The van der Waals surface area contributed by atoms with Gasteiger partial charge in [0.25, 0.3) is 0 Å². The number of aromatic nitrogens is 1. The lowest BCUT2D eigenvalue weighted by atomic mass is 10.3. The van der Waals surface area contributed by atoms with Crippen molar-refractivity contribution in [1.29, 1.82) is 0 Å². The second kappa shape index (κ2) is 6.44. The summed E-state index contributed by atoms with van der Waals surface area (Å²) in [6.07, 6.45) is 1.59. The Bertz CT molecular complexity index is 434. The Kier molecular flexibility index (Phi) is 4.64. The molecule has 104 valence electrons. The average molecular weight is 265 g/mol. The van der Waals surface area contributed by atoms with Crippen LogP contribution in [-0.2, 0) is 0 Å². The first-order chi connectivity index (χ1) is 9.18. The third-order valence-corrected chi connectivity index (χ3v) is 3.29. The van der Waals surface area contributed by atoms with Gasteiger partial charge in [-0.2, -0.15) is 0 Å². The third kappa shape index (κ3) is 3.62. The zero-order valence-corrected chi connectivity index (χ0v) is 11.1. The zero-order chi connectivity index (χ0) is 13.7. The van der Waals surface area contributed by atoms with Gasteiger partial charge in [0, 0.05) is 58.6 Å². The van der Waals surface area contributed by atoms with Crippen molar-refractivity contribution in [2.75, 3.05) is 51.2 Å². The number of nitrogens with one attached hydrogen (secondary N) is 1. The van der Waals surface area contributed by atoms with Gasteiger partial charge in [-0.25, -0.2) is 4.98 Å². The van der Waals surface area contributed by atoms with Gasteiger partial charge in [-0.3, -0.25) is 15.0 Å². The number of nitrogens with zero attached hydrogens (tertiary/aromatic N) is 4.